The van der Waals surface area contributed by atoms with Gasteiger partial charge in [-0.3, -0.25) is 14.4 Å². The van der Waals surface area contributed by atoms with Crippen molar-refractivity contribution >= 4 is 39.0 Å². The third-order valence-corrected chi connectivity index (χ3v) is 12.3. The largest absolute Gasteiger partial charge is 0.495 e. The van der Waals surface area contributed by atoms with Gasteiger partial charge in [-0.1, -0.05) is 80.5 Å². The lowest BCUT2D eigenvalue weighted by Gasteiger charge is -2.31. The zero-order valence-corrected chi connectivity index (χ0v) is 34.2. The number of carbonyl (C=O) groups excluding carboxylic acids is 3. The fourth-order valence-corrected chi connectivity index (χ4v) is 7.25. The second-order valence-corrected chi connectivity index (χ2v) is 16.2. The summed E-state index contributed by atoms with van der Waals surface area (Å²) in [5.74, 6) is -6.15. The Balaban J connectivity index is 1.92. The molecule has 2 atom stereocenters. The third-order valence-electron chi connectivity index (χ3n) is 10.2. The van der Waals surface area contributed by atoms with Crippen molar-refractivity contribution in [1.82, 2.24) is 4.31 Å². The predicted octanol–water partition coefficient (Wildman–Crippen LogP) is 8.03. The van der Waals surface area contributed by atoms with Crippen LogP contribution in [0.15, 0.2) is 65.6 Å². The number of ketones is 1. The van der Waals surface area contributed by atoms with E-state index in [0.717, 1.165) is 25.5 Å². The highest BCUT2D eigenvalue weighted by Crippen LogP contribution is 2.39. The van der Waals surface area contributed by atoms with Gasteiger partial charge in [-0.25, -0.2) is 8.42 Å². The van der Waals surface area contributed by atoms with E-state index in [9.17, 15) is 22.8 Å². The van der Waals surface area contributed by atoms with Gasteiger partial charge in [0.05, 0.1) is 17.7 Å². The molecule has 13 heteroatoms. The molecule has 0 aliphatic carbocycles. The molecule has 0 saturated heterocycles. The summed E-state index contributed by atoms with van der Waals surface area (Å²) in [6.45, 7) is 18.5. The molecule has 2 N–H and O–H groups in total. The first-order valence-corrected chi connectivity index (χ1v) is 19.7. The molecule has 296 valence electrons. The van der Waals surface area contributed by atoms with Crippen LogP contribution in [0.1, 0.15) is 103 Å². The fourth-order valence-electron chi connectivity index (χ4n) is 5.75. The number of sulfonamides is 1. The number of ether oxygens (including phenoxy) is 3. The third kappa shape index (κ3) is 9.48. The second-order valence-electron chi connectivity index (χ2n) is 14.3. The Labute approximate surface area is 320 Å². The van der Waals surface area contributed by atoms with E-state index in [1.54, 1.807) is 13.8 Å². The van der Waals surface area contributed by atoms with Crippen LogP contribution < -0.4 is 20.1 Å². The topological polar surface area (TPSA) is 140 Å². The molecule has 54 heavy (non-hydrogen) atoms. The summed E-state index contributed by atoms with van der Waals surface area (Å²) in [6, 6.07) is 15.1. The van der Waals surface area contributed by atoms with Gasteiger partial charge in [0.25, 0.3) is 11.8 Å². The maximum absolute atomic E-state index is 16.3. The summed E-state index contributed by atoms with van der Waals surface area (Å²) in [4.78, 5) is 40.6. The van der Waals surface area contributed by atoms with Gasteiger partial charge in [-0.2, -0.15) is 8.70 Å². The lowest BCUT2D eigenvalue weighted by atomic mass is 9.76. The molecule has 0 saturated carbocycles. The van der Waals surface area contributed by atoms with Crippen LogP contribution in [0.4, 0.5) is 15.8 Å². The molecule has 0 radical (unpaired) electrons. The molecular weight excluding hydrogens is 714 g/mol. The number of hydrogen-bond donors (Lipinski definition) is 2. The van der Waals surface area contributed by atoms with E-state index in [2.05, 4.69) is 58.2 Å². The number of alkyl halides is 1. The van der Waals surface area contributed by atoms with Crippen LogP contribution in [0, 0.1) is 0 Å². The minimum absolute atomic E-state index is 0.0396. The van der Waals surface area contributed by atoms with Crippen molar-refractivity contribution < 1.29 is 41.4 Å². The maximum atomic E-state index is 16.3. The van der Waals surface area contributed by atoms with Crippen LogP contribution in [0.2, 0.25) is 0 Å². The van der Waals surface area contributed by atoms with Crippen molar-refractivity contribution in [2.75, 3.05) is 37.9 Å². The highest BCUT2D eigenvalue weighted by Gasteiger charge is 2.48. The maximum Gasteiger partial charge on any atom is 0.352 e. The van der Waals surface area contributed by atoms with Gasteiger partial charge in [-0.15, -0.1) is 0 Å². The van der Waals surface area contributed by atoms with Crippen molar-refractivity contribution in [3.63, 3.8) is 0 Å². The van der Waals surface area contributed by atoms with E-state index in [4.69, 9.17) is 14.2 Å². The first kappa shape index (κ1) is 44.1. The van der Waals surface area contributed by atoms with E-state index in [1.807, 2.05) is 19.1 Å². The number of amides is 2. The number of nitrogens with one attached hydrogen (secondary N) is 2. The van der Waals surface area contributed by atoms with Crippen LogP contribution in [-0.4, -0.2) is 69.6 Å². The first-order valence-electron chi connectivity index (χ1n) is 18.3. The van der Waals surface area contributed by atoms with Gasteiger partial charge in [0.1, 0.15) is 11.5 Å². The van der Waals surface area contributed by atoms with Crippen molar-refractivity contribution in [1.29, 1.82) is 0 Å². The number of nitrogens with zero attached hydrogens (tertiary/aromatic N) is 1. The van der Waals surface area contributed by atoms with Crippen molar-refractivity contribution in [2.24, 2.45) is 0 Å². The number of methoxy groups -OCH3 is 2. The van der Waals surface area contributed by atoms with E-state index >= 15 is 4.39 Å². The SMILES string of the molecule is CCC(Oc1ccc(C(C)(C)CC)cc1C(C)(C)CC)C(=O)Nc1cc(C(=O)C(F)(OC)C(=O)Nc2cccc(S(=O)(=O)N(CC)CC)c2)ccc1OC. The number of benzene rings is 3. The average molecular weight is 770 g/mol. The highest BCUT2D eigenvalue weighted by molar-refractivity contribution is 7.89. The minimum Gasteiger partial charge on any atom is -0.495 e. The molecular formula is C41H56FN3O8S. The summed E-state index contributed by atoms with van der Waals surface area (Å²) in [6.07, 6.45) is 1.13. The molecule has 0 bridgehead atoms. The summed E-state index contributed by atoms with van der Waals surface area (Å²) >= 11 is 0. The second kappa shape index (κ2) is 17.9. The monoisotopic (exact) mass is 769 g/mol. The Morgan fingerprint density at radius 1 is 0.815 bits per heavy atom. The standard InChI is InChI=1S/C41H56FN3O8S/c1-12-33(53-34-23-21-28(39(6,7)13-2)25-31(34)40(8,9)14-3)37(47)44-32-24-27(20-22-35(32)51-10)36(46)41(42,52-11)38(48)43-29-18-17-19-30(26-29)54(49,50)45(15-4)16-5/h17-26,33H,12-16H2,1-11H3,(H,43,48)(H,44,47). The summed E-state index contributed by atoms with van der Waals surface area (Å²) in [5.41, 5.74) is 1.51. The zero-order valence-electron chi connectivity index (χ0n) is 33.4. The van der Waals surface area contributed by atoms with Crippen molar-refractivity contribution in [3.8, 4) is 11.5 Å². The molecule has 3 rings (SSSR count). The summed E-state index contributed by atoms with van der Waals surface area (Å²) in [7, 11) is -1.66. The van der Waals surface area contributed by atoms with Crippen molar-refractivity contribution in [2.45, 2.75) is 109 Å². The molecule has 3 aromatic rings. The molecule has 0 aromatic heterocycles. The Kier molecular flexibility index (Phi) is 14.6. The molecule has 2 unspecified atom stereocenters. The predicted molar refractivity (Wildman–Crippen MR) is 210 cm³/mol. The number of halogens is 1. The van der Waals surface area contributed by atoms with Crippen LogP contribution in [0.3, 0.4) is 0 Å². The summed E-state index contributed by atoms with van der Waals surface area (Å²) < 4.78 is 60.3. The Morgan fingerprint density at radius 2 is 1.44 bits per heavy atom. The number of anilines is 2. The van der Waals surface area contributed by atoms with E-state index in [1.165, 1.54) is 59.4 Å². The lowest BCUT2D eigenvalue weighted by molar-refractivity contribution is -0.150. The average Bonchev–Trinajstić information content (AvgIpc) is 3.16. The number of carbonyl (C=O) groups is 3. The number of hydrogen-bond acceptors (Lipinski definition) is 8. The lowest BCUT2D eigenvalue weighted by Crippen LogP contribution is -2.47. The van der Waals surface area contributed by atoms with Gasteiger partial charge >= 0.3 is 5.85 Å². The Hall–Kier alpha value is -4.33. The van der Waals surface area contributed by atoms with Crippen LogP contribution in [0.5, 0.6) is 11.5 Å². The van der Waals surface area contributed by atoms with Gasteiger partial charge in [-0.05, 0) is 78.1 Å². The Morgan fingerprint density at radius 3 is 2.00 bits per heavy atom. The number of Topliss-reactive ketones (excluding diaryl/α,β-unsaturated/α-hetero) is 1. The molecule has 2 amide bonds. The van der Waals surface area contributed by atoms with Crippen LogP contribution >= 0.6 is 0 Å². The van der Waals surface area contributed by atoms with Crippen LogP contribution in [0.25, 0.3) is 0 Å². The first-order chi connectivity index (χ1) is 25.3. The van der Waals surface area contributed by atoms with E-state index in [0.29, 0.717) is 12.2 Å². The molecule has 0 fully saturated rings. The minimum atomic E-state index is -3.89. The number of rotatable bonds is 19. The molecule has 0 heterocycles. The van der Waals surface area contributed by atoms with E-state index < -0.39 is 39.6 Å². The molecule has 0 aliphatic heterocycles. The quantitative estimate of drug-likeness (QED) is 0.0923. The van der Waals surface area contributed by atoms with Gasteiger partial charge in [0, 0.05) is 37.0 Å². The van der Waals surface area contributed by atoms with Gasteiger partial charge in [0.15, 0.2) is 6.10 Å². The van der Waals surface area contributed by atoms with Crippen LogP contribution in [-0.2, 0) is 35.2 Å². The van der Waals surface area contributed by atoms with E-state index in [-0.39, 0.29) is 51.5 Å². The normalized spacial score (nSPS) is 13.9. The zero-order chi connectivity index (χ0) is 40.6. The molecule has 11 nitrogen and oxygen atoms in total. The highest BCUT2D eigenvalue weighted by atomic mass is 32.2. The molecule has 3 aromatic carbocycles. The van der Waals surface area contributed by atoms with Gasteiger partial charge in [0.2, 0.25) is 15.8 Å². The van der Waals surface area contributed by atoms with Crippen molar-refractivity contribution in [3.05, 3.63) is 77.4 Å². The molecule has 0 spiro atoms. The molecule has 0 aliphatic rings. The van der Waals surface area contributed by atoms with Gasteiger partial charge < -0.3 is 24.8 Å². The Bertz CT molecular complexity index is 1930. The fraction of sp³-hybridized carbons (Fsp3) is 0.488. The summed E-state index contributed by atoms with van der Waals surface area (Å²) in [5, 5.41) is 5.02. The smallest absolute Gasteiger partial charge is 0.352 e.